The molecule has 4 heteroatoms. The average molecular weight is 233 g/mol. The summed E-state index contributed by atoms with van der Waals surface area (Å²) in [5.41, 5.74) is 0. The van der Waals surface area contributed by atoms with Gasteiger partial charge >= 0.3 is 0 Å². The molecular weight excluding hydrogens is 210 g/mol. The minimum Gasteiger partial charge on any atom is -0.213 e. The first-order valence-electron chi connectivity index (χ1n) is 5.99. The topological polar surface area (TPSA) is 37.4 Å². The molecule has 0 aromatic rings. The van der Waals surface area contributed by atoms with Gasteiger partial charge in [-0.05, 0) is 18.8 Å². The third kappa shape index (κ3) is 4.51. The van der Waals surface area contributed by atoms with Crippen molar-refractivity contribution < 1.29 is 8.42 Å². The maximum absolute atomic E-state index is 11.3. The SMILES string of the molecule is CCCCCC1CCN(S(C)(=O)=O)CC1. The van der Waals surface area contributed by atoms with Crippen LogP contribution in [0.1, 0.15) is 45.4 Å². The molecule has 0 aliphatic carbocycles. The van der Waals surface area contributed by atoms with Crippen molar-refractivity contribution in [3.63, 3.8) is 0 Å². The molecule has 90 valence electrons. The van der Waals surface area contributed by atoms with E-state index in [0.717, 1.165) is 31.8 Å². The van der Waals surface area contributed by atoms with Gasteiger partial charge in [0, 0.05) is 13.1 Å². The summed E-state index contributed by atoms with van der Waals surface area (Å²) in [7, 11) is -2.94. The number of unbranched alkanes of at least 4 members (excludes halogenated alkanes) is 2. The van der Waals surface area contributed by atoms with Gasteiger partial charge in [-0.25, -0.2) is 12.7 Å². The summed E-state index contributed by atoms with van der Waals surface area (Å²) < 4.78 is 24.2. The van der Waals surface area contributed by atoms with Crippen molar-refractivity contribution in [3.8, 4) is 0 Å². The van der Waals surface area contributed by atoms with Gasteiger partial charge < -0.3 is 0 Å². The smallest absolute Gasteiger partial charge is 0.211 e. The van der Waals surface area contributed by atoms with Crippen molar-refractivity contribution in [3.05, 3.63) is 0 Å². The first-order chi connectivity index (χ1) is 7.04. The molecule has 0 N–H and O–H groups in total. The van der Waals surface area contributed by atoms with E-state index in [1.165, 1.54) is 31.9 Å². The Morgan fingerprint density at radius 2 is 1.80 bits per heavy atom. The van der Waals surface area contributed by atoms with E-state index in [-0.39, 0.29) is 0 Å². The third-order valence-electron chi connectivity index (χ3n) is 3.26. The number of sulfonamides is 1. The van der Waals surface area contributed by atoms with E-state index in [9.17, 15) is 8.42 Å². The summed E-state index contributed by atoms with van der Waals surface area (Å²) in [5.74, 6) is 0.759. The van der Waals surface area contributed by atoms with Crippen molar-refractivity contribution in [1.82, 2.24) is 4.31 Å². The summed E-state index contributed by atoms with van der Waals surface area (Å²) >= 11 is 0. The molecule has 0 aromatic carbocycles. The Hall–Kier alpha value is -0.0900. The Bertz CT molecular complexity index is 266. The van der Waals surface area contributed by atoms with Crippen molar-refractivity contribution in [2.45, 2.75) is 45.4 Å². The van der Waals surface area contributed by atoms with E-state index < -0.39 is 10.0 Å². The number of piperidine rings is 1. The normalized spacial score (nSPS) is 20.7. The van der Waals surface area contributed by atoms with E-state index in [0.29, 0.717) is 0 Å². The van der Waals surface area contributed by atoms with Gasteiger partial charge in [0.1, 0.15) is 0 Å². The van der Waals surface area contributed by atoms with Crippen LogP contribution < -0.4 is 0 Å². The molecular formula is C11H23NO2S. The lowest BCUT2D eigenvalue weighted by Crippen LogP contribution is -2.37. The van der Waals surface area contributed by atoms with Crippen LogP contribution in [0.4, 0.5) is 0 Å². The molecule has 0 radical (unpaired) electrons. The van der Waals surface area contributed by atoms with E-state index in [1.54, 1.807) is 4.31 Å². The van der Waals surface area contributed by atoms with E-state index in [2.05, 4.69) is 6.92 Å². The maximum Gasteiger partial charge on any atom is 0.211 e. The highest BCUT2D eigenvalue weighted by Crippen LogP contribution is 2.23. The minimum atomic E-state index is -2.94. The van der Waals surface area contributed by atoms with Gasteiger partial charge in [-0.2, -0.15) is 0 Å². The van der Waals surface area contributed by atoms with E-state index in [4.69, 9.17) is 0 Å². The van der Waals surface area contributed by atoms with E-state index >= 15 is 0 Å². The highest BCUT2D eigenvalue weighted by molar-refractivity contribution is 7.88. The molecule has 0 aromatic heterocycles. The molecule has 1 heterocycles. The van der Waals surface area contributed by atoms with Gasteiger partial charge in [-0.15, -0.1) is 0 Å². The Balaban J connectivity index is 2.24. The maximum atomic E-state index is 11.3. The van der Waals surface area contributed by atoms with Crippen LogP contribution in [0.15, 0.2) is 0 Å². The summed E-state index contributed by atoms with van der Waals surface area (Å²) in [5, 5.41) is 0. The number of rotatable bonds is 5. The Kier molecular flexibility index (Phi) is 5.06. The van der Waals surface area contributed by atoms with Gasteiger partial charge in [0.05, 0.1) is 6.26 Å². The monoisotopic (exact) mass is 233 g/mol. The fraction of sp³-hybridized carbons (Fsp3) is 1.00. The second-order valence-electron chi connectivity index (χ2n) is 4.60. The molecule has 0 atom stereocenters. The Morgan fingerprint density at radius 1 is 1.20 bits per heavy atom. The lowest BCUT2D eigenvalue weighted by atomic mass is 9.92. The van der Waals surface area contributed by atoms with Gasteiger partial charge in [0.25, 0.3) is 0 Å². The molecule has 1 rings (SSSR count). The fourth-order valence-electron chi connectivity index (χ4n) is 2.21. The molecule has 15 heavy (non-hydrogen) atoms. The van der Waals surface area contributed by atoms with E-state index in [1.807, 2.05) is 0 Å². The fourth-order valence-corrected chi connectivity index (χ4v) is 3.09. The van der Waals surface area contributed by atoms with Crippen LogP contribution in [0.2, 0.25) is 0 Å². The number of nitrogens with zero attached hydrogens (tertiary/aromatic N) is 1. The highest BCUT2D eigenvalue weighted by atomic mass is 32.2. The zero-order chi connectivity index (χ0) is 11.3. The van der Waals surface area contributed by atoms with Crippen LogP contribution in [0, 0.1) is 5.92 Å². The average Bonchev–Trinajstić information content (AvgIpc) is 2.18. The standard InChI is InChI=1S/C11H23NO2S/c1-3-4-5-6-11-7-9-12(10-8-11)15(2,13)14/h11H,3-10H2,1-2H3. The molecule has 0 bridgehead atoms. The number of hydrogen-bond acceptors (Lipinski definition) is 2. The molecule has 1 saturated heterocycles. The first kappa shape index (κ1) is 13.0. The second kappa shape index (κ2) is 5.85. The van der Waals surface area contributed by atoms with Gasteiger partial charge in [-0.3, -0.25) is 0 Å². The van der Waals surface area contributed by atoms with Gasteiger partial charge in [-0.1, -0.05) is 32.6 Å². The zero-order valence-electron chi connectivity index (χ0n) is 9.91. The van der Waals surface area contributed by atoms with Crippen LogP contribution >= 0.6 is 0 Å². The quantitative estimate of drug-likeness (QED) is 0.683. The molecule has 0 spiro atoms. The first-order valence-corrected chi connectivity index (χ1v) is 7.84. The Morgan fingerprint density at radius 3 is 2.27 bits per heavy atom. The minimum absolute atomic E-state index is 0.732. The zero-order valence-corrected chi connectivity index (χ0v) is 10.7. The van der Waals surface area contributed by atoms with Crippen LogP contribution in [0.3, 0.4) is 0 Å². The predicted molar refractivity (Wildman–Crippen MR) is 63.3 cm³/mol. The van der Waals surface area contributed by atoms with Crippen molar-refractivity contribution in [2.75, 3.05) is 19.3 Å². The molecule has 0 unspecified atom stereocenters. The number of hydrogen-bond donors (Lipinski definition) is 0. The van der Waals surface area contributed by atoms with Crippen LogP contribution in [0.25, 0.3) is 0 Å². The molecule has 1 aliphatic rings. The lowest BCUT2D eigenvalue weighted by Gasteiger charge is -2.30. The van der Waals surface area contributed by atoms with Crippen LogP contribution in [-0.4, -0.2) is 32.1 Å². The van der Waals surface area contributed by atoms with Crippen molar-refractivity contribution in [2.24, 2.45) is 5.92 Å². The van der Waals surface area contributed by atoms with Crippen molar-refractivity contribution >= 4 is 10.0 Å². The highest BCUT2D eigenvalue weighted by Gasteiger charge is 2.24. The molecule has 0 saturated carbocycles. The third-order valence-corrected chi connectivity index (χ3v) is 4.56. The summed E-state index contributed by atoms with van der Waals surface area (Å²) in [6.45, 7) is 3.68. The largest absolute Gasteiger partial charge is 0.213 e. The summed E-state index contributed by atoms with van der Waals surface area (Å²) in [6.07, 6.45) is 8.58. The van der Waals surface area contributed by atoms with Gasteiger partial charge in [0.15, 0.2) is 0 Å². The molecule has 1 aliphatic heterocycles. The van der Waals surface area contributed by atoms with Crippen LogP contribution in [-0.2, 0) is 10.0 Å². The molecule has 3 nitrogen and oxygen atoms in total. The van der Waals surface area contributed by atoms with Crippen molar-refractivity contribution in [1.29, 1.82) is 0 Å². The molecule has 0 amide bonds. The summed E-state index contributed by atoms with van der Waals surface area (Å²) in [6, 6.07) is 0. The second-order valence-corrected chi connectivity index (χ2v) is 6.58. The predicted octanol–water partition coefficient (Wildman–Crippen LogP) is 2.24. The molecule has 1 fully saturated rings. The van der Waals surface area contributed by atoms with Gasteiger partial charge in [0.2, 0.25) is 10.0 Å². The van der Waals surface area contributed by atoms with Crippen LogP contribution in [0.5, 0.6) is 0 Å². The summed E-state index contributed by atoms with van der Waals surface area (Å²) in [4.78, 5) is 0. The Labute approximate surface area is 93.9 Å². The lowest BCUT2D eigenvalue weighted by molar-refractivity contribution is 0.260.